The molecule has 140 valence electrons. The average Bonchev–Trinajstić information content (AvgIpc) is 3.22. The molecular weight excluding hydrogens is 363 g/mol. The van der Waals surface area contributed by atoms with Crippen molar-refractivity contribution in [2.75, 3.05) is 5.32 Å². The van der Waals surface area contributed by atoms with Crippen LogP contribution in [0.1, 0.15) is 36.6 Å². The van der Waals surface area contributed by atoms with Crippen molar-refractivity contribution < 1.29 is 18.8 Å². The summed E-state index contributed by atoms with van der Waals surface area (Å²) in [5, 5.41) is 6.62. The van der Waals surface area contributed by atoms with Gasteiger partial charge in [0, 0.05) is 0 Å². The standard InChI is InChI=1S/C20H15FN4O3/c1-12-6-7-17(21)16(8-12)18(26)23-13-9-22-24(10-13)11-25-19(27)14-4-2-3-5-15(14)20(25)28/h2-10H,11H2,1H3,(H,23,26). The maximum Gasteiger partial charge on any atom is 0.263 e. The van der Waals surface area contributed by atoms with Crippen LogP contribution >= 0.6 is 0 Å². The molecule has 1 N–H and O–H groups in total. The fraction of sp³-hybridized carbons (Fsp3) is 0.100. The van der Waals surface area contributed by atoms with Crippen molar-refractivity contribution in [3.8, 4) is 0 Å². The van der Waals surface area contributed by atoms with E-state index >= 15 is 0 Å². The van der Waals surface area contributed by atoms with Crippen LogP contribution in [0.4, 0.5) is 10.1 Å². The van der Waals surface area contributed by atoms with Gasteiger partial charge in [0.05, 0.1) is 34.8 Å². The SMILES string of the molecule is Cc1ccc(F)c(C(=O)Nc2cnn(CN3C(=O)c4ccccc4C3=O)c2)c1. The molecule has 0 aliphatic carbocycles. The molecule has 0 spiro atoms. The highest BCUT2D eigenvalue weighted by atomic mass is 19.1. The number of nitrogens with one attached hydrogen (secondary N) is 1. The molecule has 8 heteroatoms. The first-order valence-corrected chi connectivity index (χ1v) is 8.49. The number of anilines is 1. The Morgan fingerprint density at radius 1 is 1.11 bits per heavy atom. The molecule has 3 amide bonds. The molecule has 0 bridgehead atoms. The minimum atomic E-state index is -0.624. The van der Waals surface area contributed by atoms with E-state index in [1.807, 2.05) is 0 Å². The number of aryl methyl sites for hydroxylation is 1. The van der Waals surface area contributed by atoms with Gasteiger partial charge in [-0.15, -0.1) is 0 Å². The second kappa shape index (κ2) is 6.73. The number of benzene rings is 2. The smallest absolute Gasteiger partial charge is 0.263 e. The summed E-state index contributed by atoms with van der Waals surface area (Å²) < 4.78 is 15.2. The van der Waals surface area contributed by atoms with E-state index in [9.17, 15) is 18.8 Å². The topological polar surface area (TPSA) is 84.3 Å². The number of fused-ring (bicyclic) bond motifs is 1. The maximum absolute atomic E-state index is 13.9. The molecule has 0 unspecified atom stereocenters. The van der Waals surface area contributed by atoms with Gasteiger partial charge in [0.2, 0.25) is 0 Å². The molecule has 0 radical (unpaired) electrons. The Kier molecular flexibility index (Phi) is 4.23. The van der Waals surface area contributed by atoms with Crippen molar-refractivity contribution in [1.82, 2.24) is 14.7 Å². The van der Waals surface area contributed by atoms with Gasteiger partial charge in [-0.1, -0.05) is 23.8 Å². The number of rotatable bonds is 4. The van der Waals surface area contributed by atoms with Crippen molar-refractivity contribution >= 4 is 23.4 Å². The lowest BCUT2D eigenvalue weighted by Gasteiger charge is -2.13. The number of carbonyl (C=O) groups excluding carboxylic acids is 3. The molecule has 1 aliphatic rings. The minimum Gasteiger partial charge on any atom is -0.319 e. The molecule has 0 atom stereocenters. The van der Waals surface area contributed by atoms with Gasteiger partial charge < -0.3 is 5.32 Å². The van der Waals surface area contributed by atoms with Gasteiger partial charge in [-0.05, 0) is 31.2 Å². The number of hydrogen-bond acceptors (Lipinski definition) is 4. The zero-order chi connectivity index (χ0) is 19.8. The summed E-state index contributed by atoms with van der Waals surface area (Å²) in [4.78, 5) is 38.2. The number of carbonyl (C=O) groups is 3. The van der Waals surface area contributed by atoms with Crippen molar-refractivity contribution in [1.29, 1.82) is 0 Å². The normalized spacial score (nSPS) is 13.0. The Labute approximate surface area is 159 Å². The second-order valence-corrected chi connectivity index (χ2v) is 6.43. The molecule has 0 fully saturated rings. The molecule has 0 saturated carbocycles. The quantitative estimate of drug-likeness (QED) is 0.708. The Hall–Kier alpha value is -3.81. The van der Waals surface area contributed by atoms with Gasteiger partial charge in [0.25, 0.3) is 17.7 Å². The molecule has 3 aromatic rings. The van der Waals surface area contributed by atoms with Gasteiger partial charge in [0.1, 0.15) is 12.5 Å². The van der Waals surface area contributed by atoms with Gasteiger partial charge in [-0.25, -0.2) is 4.39 Å². The van der Waals surface area contributed by atoms with Crippen molar-refractivity contribution in [3.63, 3.8) is 0 Å². The lowest BCUT2D eigenvalue weighted by Crippen LogP contribution is -2.32. The molecule has 2 heterocycles. The average molecular weight is 378 g/mol. The molecule has 0 saturated heterocycles. The monoisotopic (exact) mass is 378 g/mol. The van der Waals surface area contributed by atoms with Crippen LogP contribution in [0.2, 0.25) is 0 Å². The third-order valence-corrected chi connectivity index (χ3v) is 4.42. The Morgan fingerprint density at radius 2 is 1.79 bits per heavy atom. The first-order valence-electron chi connectivity index (χ1n) is 8.49. The van der Waals surface area contributed by atoms with Crippen LogP contribution in [-0.2, 0) is 6.67 Å². The highest BCUT2D eigenvalue weighted by Gasteiger charge is 2.35. The first kappa shape index (κ1) is 17.6. The summed E-state index contributed by atoms with van der Waals surface area (Å²) in [5.74, 6) is -2.03. The van der Waals surface area contributed by atoms with Gasteiger partial charge in [-0.3, -0.25) is 24.0 Å². The molecular formula is C20H15FN4O3. The predicted octanol–water partition coefficient (Wildman–Crippen LogP) is 2.84. The Morgan fingerprint density at radius 3 is 2.46 bits per heavy atom. The van der Waals surface area contributed by atoms with Crippen LogP contribution in [0, 0.1) is 12.7 Å². The van der Waals surface area contributed by atoms with E-state index in [2.05, 4.69) is 10.4 Å². The van der Waals surface area contributed by atoms with Gasteiger partial charge in [-0.2, -0.15) is 5.10 Å². The van der Waals surface area contributed by atoms with Crippen LogP contribution < -0.4 is 5.32 Å². The summed E-state index contributed by atoms with van der Waals surface area (Å²) in [6.45, 7) is 1.66. The summed E-state index contributed by atoms with van der Waals surface area (Å²) >= 11 is 0. The van der Waals surface area contributed by atoms with Crippen LogP contribution in [0.3, 0.4) is 0 Å². The fourth-order valence-corrected chi connectivity index (χ4v) is 3.03. The van der Waals surface area contributed by atoms with Gasteiger partial charge >= 0.3 is 0 Å². The molecule has 1 aliphatic heterocycles. The summed E-state index contributed by atoms with van der Waals surface area (Å²) in [6, 6.07) is 10.8. The fourth-order valence-electron chi connectivity index (χ4n) is 3.03. The zero-order valence-electron chi connectivity index (χ0n) is 14.8. The van der Waals surface area contributed by atoms with Crippen LogP contribution in [0.15, 0.2) is 54.9 Å². The largest absolute Gasteiger partial charge is 0.319 e. The summed E-state index contributed by atoms with van der Waals surface area (Å²) in [5.41, 5.74) is 1.70. The van der Waals surface area contributed by atoms with Crippen molar-refractivity contribution in [3.05, 3.63) is 82.9 Å². The Bertz CT molecular complexity index is 1090. The third-order valence-electron chi connectivity index (χ3n) is 4.42. The van der Waals surface area contributed by atoms with Crippen LogP contribution in [-0.4, -0.2) is 32.4 Å². The van der Waals surface area contributed by atoms with E-state index in [4.69, 9.17) is 0 Å². The molecule has 2 aromatic carbocycles. The van der Waals surface area contributed by atoms with Gasteiger partial charge in [0.15, 0.2) is 0 Å². The van der Waals surface area contributed by atoms with E-state index < -0.39 is 23.5 Å². The molecule has 28 heavy (non-hydrogen) atoms. The van der Waals surface area contributed by atoms with Crippen molar-refractivity contribution in [2.24, 2.45) is 0 Å². The zero-order valence-corrected chi connectivity index (χ0v) is 14.8. The first-order chi connectivity index (χ1) is 13.4. The number of halogens is 1. The number of hydrogen-bond donors (Lipinski definition) is 1. The maximum atomic E-state index is 13.9. The van der Waals surface area contributed by atoms with E-state index in [1.54, 1.807) is 37.3 Å². The number of nitrogens with zero attached hydrogens (tertiary/aromatic N) is 3. The van der Waals surface area contributed by atoms with Crippen LogP contribution in [0.5, 0.6) is 0 Å². The van der Waals surface area contributed by atoms with E-state index in [0.29, 0.717) is 16.8 Å². The predicted molar refractivity (Wildman–Crippen MR) is 98.3 cm³/mol. The summed E-state index contributed by atoms with van der Waals surface area (Å²) in [7, 11) is 0. The highest BCUT2D eigenvalue weighted by Crippen LogP contribution is 2.23. The molecule has 4 rings (SSSR count). The lowest BCUT2D eigenvalue weighted by atomic mass is 10.1. The number of imide groups is 1. The highest BCUT2D eigenvalue weighted by molar-refractivity contribution is 6.21. The number of amides is 3. The minimum absolute atomic E-state index is 0.0758. The Balaban J connectivity index is 1.48. The van der Waals surface area contributed by atoms with E-state index in [-0.39, 0.29) is 12.2 Å². The number of aromatic nitrogens is 2. The third kappa shape index (κ3) is 3.05. The van der Waals surface area contributed by atoms with Crippen molar-refractivity contribution in [2.45, 2.75) is 13.6 Å². The molecule has 1 aromatic heterocycles. The van der Waals surface area contributed by atoms with E-state index in [1.165, 1.54) is 29.2 Å². The summed E-state index contributed by atoms with van der Waals surface area (Å²) in [6.07, 6.45) is 2.83. The molecule has 7 nitrogen and oxygen atoms in total. The van der Waals surface area contributed by atoms with E-state index in [0.717, 1.165) is 10.5 Å². The lowest BCUT2D eigenvalue weighted by molar-refractivity contribution is 0.0597. The second-order valence-electron chi connectivity index (χ2n) is 6.43. The van der Waals surface area contributed by atoms with Crippen LogP contribution in [0.25, 0.3) is 0 Å².